The van der Waals surface area contributed by atoms with Crippen molar-refractivity contribution in [2.45, 2.75) is 25.8 Å². The highest BCUT2D eigenvalue weighted by Crippen LogP contribution is 2.17. The maximum atomic E-state index is 12.3. The van der Waals surface area contributed by atoms with Crippen LogP contribution in [0.3, 0.4) is 0 Å². The van der Waals surface area contributed by atoms with E-state index in [4.69, 9.17) is 5.26 Å². The highest BCUT2D eigenvalue weighted by molar-refractivity contribution is 9.10. The number of nitrogens with zero attached hydrogens (tertiary/aromatic N) is 3. The Morgan fingerprint density at radius 1 is 1.33 bits per heavy atom. The Hall–Kier alpha value is -1.38. The van der Waals surface area contributed by atoms with Crippen LogP contribution in [0.15, 0.2) is 28.7 Å². The molecule has 1 aliphatic rings. The zero-order valence-electron chi connectivity index (χ0n) is 12.5. The van der Waals surface area contributed by atoms with E-state index in [1.807, 2.05) is 43.0 Å². The minimum Gasteiger partial charge on any atom is -0.340 e. The quantitative estimate of drug-likeness (QED) is 0.841. The lowest BCUT2D eigenvalue weighted by Crippen LogP contribution is -2.55. The molecule has 1 aromatic carbocycles. The van der Waals surface area contributed by atoms with Gasteiger partial charge in [0, 0.05) is 30.7 Å². The number of carbonyl (C=O) groups excluding carboxylic acids is 1. The van der Waals surface area contributed by atoms with Crippen molar-refractivity contribution in [1.82, 2.24) is 9.80 Å². The van der Waals surface area contributed by atoms with E-state index in [9.17, 15) is 4.79 Å². The fourth-order valence-electron chi connectivity index (χ4n) is 2.52. The number of carbonyl (C=O) groups is 1. The number of hydrogen-bond acceptors (Lipinski definition) is 3. The van der Waals surface area contributed by atoms with Crippen molar-refractivity contribution in [1.29, 1.82) is 5.26 Å². The molecule has 0 spiro atoms. The first-order valence-electron chi connectivity index (χ1n) is 7.11. The number of rotatable bonds is 3. The monoisotopic (exact) mass is 349 g/mol. The second kappa shape index (κ2) is 6.59. The smallest absolute Gasteiger partial charge is 0.227 e. The van der Waals surface area contributed by atoms with Crippen LogP contribution in [-0.4, -0.2) is 47.4 Å². The van der Waals surface area contributed by atoms with Crippen LogP contribution in [-0.2, 0) is 11.2 Å². The molecule has 0 N–H and O–H groups in total. The number of nitriles is 1. The van der Waals surface area contributed by atoms with Crippen molar-refractivity contribution >= 4 is 21.8 Å². The summed E-state index contributed by atoms with van der Waals surface area (Å²) in [5, 5.41) is 9.17. The molecule has 0 radical (unpaired) electrons. The largest absolute Gasteiger partial charge is 0.340 e. The van der Waals surface area contributed by atoms with Crippen molar-refractivity contribution in [2.75, 3.05) is 26.2 Å². The molecule has 1 amide bonds. The van der Waals surface area contributed by atoms with Crippen molar-refractivity contribution in [2.24, 2.45) is 0 Å². The minimum atomic E-state index is -0.459. The molecule has 1 heterocycles. The van der Waals surface area contributed by atoms with Crippen molar-refractivity contribution in [3.8, 4) is 6.07 Å². The molecule has 1 saturated heterocycles. The van der Waals surface area contributed by atoms with Gasteiger partial charge in [0.25, 0.3) is 0 Å². The predicted octanol–water partition coefficient (Wildman–Crippen LogP) is 2.44. The van der Waals surface area contributed by atoms with E-state index in [1.165, 1.54) is 0 Å². The van der Waals surface area contributed by atoms with E-state index >= 15 is 0 Å². The van der Waals surface area contributed by atoms with Crippen LogP contribution >= 0.6 is 15.9 Å². The summed E-state index contributed by atoms with van der Waals surface area (Å²) in [5.74, 6) is 0.155. The highest BCUT2D eigenvalue weighted by atomic mass is 79.9. The van der Waals surface area contributed by atoms with Gasteiger partial charge in [0.1, 0.15) is 5.54 Å². The molecule has 0 aliphatic carbocycles. The normalized spacial score (nSPS) is 16.6. The summed E-state index contributed by atoms with van der Waals surface area (Å²) in [7, 11) is 0. The summed E-state index contributed by atoms with van der Waals surface area (Å²) in [6.07, 6.45) is 0.432. The van der Waals surface area contributed by atoms with E-state index in [2.05, 4.69) is 26.9 Å². The first-order chi connectivity index (χ1) is 9.92. The van der Waals surface area contributed by atoms with E-state index in [0.717, 1.165) is 23.1 Å². The van der Waals surface area contributed by atoms with Gasteiger partial charge in [0.05, 0.1) is 12.5 Å². The van der Waals surface area contributed by atoms with Gasteiger partial charge >= 0.3 is 0 Å². The Morgan fingerprint density at radius 3 is 2.57 bits per heavy atom. The maximum Gasteiger partial charge on any atom is 0.227 e. The third kappa shape index (κ3) is 4.05. The van der Waals surface area contributed by atoms with Crippen LogP contribution in [0.1, 0.15) is 19.4 Å². The van der Waals surface area contributed by atoms with Crippen LogP contribution < -0.4 is 0 Å². The van der Waals surface area contributed by atoms with E-state index in [-0.39, 0.29) is 5.91 Å². The van der Waals surface area contributed by atoms with Gasteiger partial charge in [-0.3, -0.25) is 9.69 Å². The first kappa shape index (κ1) is 16.0. The zero-order chi connectivity index (χ0) is 15.5. The first-order valence-corrected chi connectivity index (χ1v) is 7.90. The van der Waals surface area contributed by atoms with Crippen LogP contribution in [0.4, 0.5) is 0 Å². The average molecular weight is 350 g/mol. The number of hydrogen-bond donors (Lipinski definition) is 0. The molecule has 2 rings (SSSR count). The standard InChI is InChI=1S/C16H20BrN3O/c1-16(2,12-18)20-8-6-19(7-9-20)15(21)11-13-4-3-5-14(17)10-13/h3-5,10H,6-9,11H2,1-2H3. The highest BCUT2D eigenvalue weighted by Gasteiger charge is 2.30. The van der Waals surface area contributed by atoms with Crippen LogP contribution in [0, 0.1) is 11.3 Å². The van der Waals surface area contributed by atoms with E-state index in [1.54, 1.807) is 0 Å². The zero-order valence-corrected chi connectivity index (χ0v) is 14.1. The molecule has 1 fully saturated rings. The van der Waals surface area contributed by atoms with Gasteiger partial charge in [-0.2, -0.15) is 5.26 Å². The van der Waals surface area contributed by atoms with Gasteiger partial charge in [-0.25, -0.2) is 0 Å². The lowest BCUT2D eigenvalue weighted by molar-refractivity contribution is -0.132. The van der Waals surface area contributed by atoms with Gasteiger partial charge in [-0.15, -0.1) is 0 Å². The summed E-state index contributed by atoms with van der Waals surface area (Å²) >= 11 is 3.42. The molecule has 0 bridgehead atoms. The second-order valence-electron chi connectivity index (χ2n) is 5.85. The molecule has 0 aromatic heterocycles. The molecular weight excluding hydrogens is 330 g/mol. The number of benzene rings is 1. The molecule has 0 atom stereocenters. The van der Waals surface area contributed by atoms with Crippen molar-refractivity contribution in [3.63, 3.8) is 0 Å². The molecule has 112 valence electrons. The molecule has 5 heteroatoms. The summed E-state index contributed by atoms with van der Waals surface area (Å²) in [6.45, 7) is 6.74. The summed E-state index contributed by atoms with van der Waals surface area (Å²) in [6, 6.07) is 10.2. The second-order valence-corrected chi connectivity index (χ2v) is 6.76. The lowest BCUT2D eigenvalue weighted by atomic mass is 10.0. The third-order valence-electron chi connectivity index (χ3n) is 3.94. The van der Waals surface area contributed by atoms with Crippen molar-refractivity contribution < 1.29 is 4.79 Å². The number of piperazine rings is 1. The number of halogens is 1. The minimum absolute atomic E-state index is 0.155. The van der Waals surface area contributed by atoms with E-state index < -0.39 is 5.54 Å². The van der Waals surface area contributed by atoms with Gasteiger partial charge in [-0.05, 0) is 31.5 Å². The van der Waals surface area contributed by atoms with Gasteiger partial charge in [0.2, 0.25) is 5.91 Å². The fourth-order valence-corrected chi connectivity index (χ4v) is 2.97. The maximum absolute atomic E-state index is 12.3. The third-order valence-corrected chi connectivity index (χ3v) is 4.43. The number of amides is 1. The Balaban J connectivity index is 1.91. The van der Waals surface area contributed by atoms with Gasteiger partial charge < -0.3 is 4.90 Å². The van der Waals surface area contributed by atoms with Gasteiger partial charge in [0.15, 0.2) is 0 Å². The molecule has 4 nitrogen and oxygen atoms in total. The van der Waals surface area contributed by atoms with Crippen LogP contribution in [0.2, 0.25) is 0 Å². The summed E-state index contributed by atoms with van der Waals surface area (Å²) in [4.78, 5) is 16.4. The lowest BCUT2D eigenvalue weighted by Gasteiger charge is -2.40. The van der Waals surface area contributed by atoms with Crippen molar-refractivity contribution in [3.05, 3.63) is 34.3 Å². The summed E-state index contributed by atoms with van der Waals surface area (Å²) < 4.78 is 0.994. The average Bonchev–Trinajstić information content (AvgIpc) is 2.47. The molecule has 1 aliphatic heterocycles. The summed E-state index contributed by atoms with van der Waals surface area (Å²) in [5.41, 5.74) is 0.563. The molecule has 1 aromatic rings. The molecular formula is C16H20BrN3O. The Kier molecular flexibility index (Phi) is 5.02. The molecule has 21 heavy (non-hydrogen) atoms. The SMILES string of the molecule is CC(C)(C#N)N1CCN(C(=O)Cc2cccc(Br)c2)CC1. The Labute approximate surface area is 134 Å². The topological polar surface area (TPSA) is 47.3 Å². The predicted molar refractivity (Wildman–Crippen MR) is 85.7 cm³/mol. The van der Waals surface area contributed by atoms with Crippen LogP contribution in [0.25, 0.3) is 0 Å². The fraction of sp³-hybridized carbons (Fsp3) is 0.500. The van der Waals surface area contributed by atoms with Crippen LogP contribution in [0.5, 0.6) is 0 Å². The Bertz CT molecular complexity index is 557. The van der Waals surface area contributed by atoms with Gasteiger partial charge in [-0.1, -0.05) is 28.1 Å². The molecule has 0 unspecified atom stereocenters. The Morgan fingerprint density at radius 2 is 2.00 bits per heavy atom. The molecule has 0 saturated carbocycles. The van der Waals surface area contributed by atoms with E-state index in [0.29, 0.717) is 19.5 Å².